The molecule has 1 rings (SSSR count). The molecule has 0 unspecified atom stereocenters. The Bertz CT molecular complexity index is 818. The summed E-state index contributed by atoms with van der Waals surface area (Å²) in [6.07, 6.45) is 5.45. The van der Waals surface area contributed by atoms with E-state index in [4.69, 9.17) is 9.84 Å². The van der Waals surface area contributed by atoms with Crippen molar-refractivity contribution in [2.45, 2.75) is 48.5 Å². The smallest absolute Gasteiger partial charge is 0.341 e. The molecule has 0 aliphatic heterocycles. The number of carboxylic acids is 1. The van der Waals surface area contributed by atoms with Crippen LogP contribution >= 0.6 is 0 Å². The first-order valence-electron chi connectivity index (χ1n) is 12.0. The van der Waals surface area contributed by atoms with Crippen molar-refractivity contribution in [3.05, 3.63) is 66.8 Å². The molecule has 9 nitrogen and oxygen atoms in total. The number of aryl methyl sites for hydroxylation is 1. The summed E-state index contributed by atoms with van der Waals surface area (Å²) in [4.78, 5) is 43.9. The SMILES string of the molecule is C=C/C=C(/C)C=C.CC.CC.CNC(=O)CN(C)C(=O)CNC(C)=O.Cc1ccc(OCC(=O)O)cc1. The van der Waals surface area contributed by atoms with Crippen LogP contribution in [0.25, 0.3) is 0 Å². The number of nitrogens with one attached hydrogen (secondary N) is 2. The van der Waals surface area contributed by atoms with E-state index in [0.717, 1.165) is 11.1 Å². The lowest BCUT2D eigenvalue weighted by atomic mass is 10.2. The van der Waals surface area contributed by atoms with E-state index < -0.39 is 5.97 Å². The summed E-state index contributed by atoms with van der Waals surface area (Å²) in [5.74, 6) is -1.20. The van der Waals surface area contributed by atoms with Crippen LogP contribution in [0, 0.1) is 6.92 Å². The number of carbonyl (C=O) groups excluding carboxylic acids is 3. The number of rotatable bonds is 9. The normalized spacial score (nSPS) is 8.84. The Labute approximate surface area is 223 Å². The van der Waals surface area contributed by atoms with E-state index in [0.29, 0.717) is 5.75 Å². The molecule has 0 radical (unpaired) electrons. The molecule has 0 saturated heterocycles. The van der Waals surface area contributed by atoms with Crippen LogP contribution in [0.2, 0.25) is 0 Å². The van der Waals surface area contributed by atoms with Crippen LogP contribution in [0.3, 0.4) is 0 Å². The van der Waals surface area contributed by atoms with Gasteiger partial charge in [0, 0.05) is 21.0 Å². The summed E-state index contributed by atoms with van der Waals surface area (Å²) in [7, 11) is 2.99. The van der Waals surface area contributed by atoms with Crippen molar-refractivity contribution < 1.29 is 29.0 Å². The van der Waals surface area contributed by atoms with Gasteiger partial charge in [-0.1, -0.05) is 82.4 Å². The number of nitrogens with zero attached hydrogens (tertiary/aromatic N) is 1. The number of hydrogen-bond donors (Lipinski definition) is 3. The Balaban J connectivity index is -0.000000215. The fraction of sp³-hybridized carbons (Fsp3) is 0.429. The minimum absolute atomic E-state index is 0.00504. The number of carbonyl (C=O) groups is 4. The van der Waals surface area contributed by atoms with Gasteiger partial charge in [-0.3, -0.25) is 14.4 Å². The van der Waals surface area contributed by atoms with Gasteiger partial charge in [-0.05, 0) is 26.0 Å². The molecule has 0 spiro atoms. The summed E-state index contributed by atoms with van der Waals surface area (Å²) in [5, 5.41) is 13.1. The van der Waals surface area contributed by atoms with Gasteiger partial charge < -0.3 is 25.4 Å². The monoisotopic (exact) mass is 521 g/mol. The van der Waals surface area contributed by atoms with Crippen LogP contribution in [0.4, 0.5) is 0 Å². The largest absolute Gasteiger partial charge is 0.482 e. The standard InChI is InChI=1S/C9H10O3.C8H15N3O3.C7H10.2C2H6/c1-7-2-4-8(5-3-7)12-6-9(10)11;1-6(12)10-4-8(14)11(3)5-7(13)9-2;1-4-6-7(3)5-2;2*1-2/h2-5H,6H2,1H3,(H,10,11);4-5H2,1-3H3,(H,9,13)(H,10,12);4-6H,1-2H2,3H3;2*1-2H3/b;;7-6-;;. The summed E-state index contributed by atoms with van der Waals surface area (Å²) >= 11 is 0. The number of likely N-dealkylation sites (N-methyl/N-ethyl adjacent to an activating group) is 2. The predicted octanol–water partition coefficient (Wildman–Crippen LogP) is 4.14. The maximum Gasteiger partial charge on any atom is 0.341 e. The molecule has 37 heavy (non-hydrogen) atoms. The second-order valence-electron chi connectivity index (χ2n) is 6.68. The van der Waals surface area contributed by atoms with Gasteiger partial charge in [-0.25, -0.2) is 4.79 Å². The molecule has 0 fully saturated rings. The Morgan fingerprint density at radius 2 is 1.54 bits per heavy atom. The van der Waals surface area contributed by atoms with Crippen molar-refractivity contribution >= 4 is 23.7 Å². The Morgan fingerprint density at radius 1 is 1.03 bits per heavy atom. The highest BCUT2D eigenvalue weighted by Gasteiger charge is 2.11. The fourth-order valence-electron chi connectivity index (χ4n) is 1.75. The maximum atomic E-state index is 11.2. The summed E-state index contributed by atoms with van der Waals surface area (Å²) in [5.41, 5.74) is 2.27. The highest BCUT2D eigenvalue weighted by molar-refractivity contribution is 5.87. The van der Waals surface area contributed by atoms with E-state index in [1.165, 1.54) is 25.9 Å². The zero-order valence-corrected chi connectivity index (χ0v) is 24.0. The lowest BCUT2D eigenvalue weighted by molar-refractivity contribution is -0.139. The molecular weight excluding hydrogens is 474 g/mol. The van der Waals surface area contributed by atoms with E-state index >= 15 is 0 Å². The second kappa shape index (κ2) is 28.4. The lowest BCUT2D eigenvalue weighted by Gasteiger charge is -2.15. The highest BCUT2D eigenvalue weighted by atomic mass is 16.5. The molecule has 0 atom stereocenters. The molecule has 3 amide bonds. The van der Waals surface area contributed by atoms with Gasteiger partial charge in [0.05, 0.1) is 13.1 Å². The summed E-state index contributed by atoms with van der Waals surface area (Å²) < 4.78 is 4.92. The summed E-state index contributed by atoms with van der Waals surface area (Å²) in [6, 6.07) is 7.24. The van der Waals surface area contributed by atoms with Crippen molar-refractivity contribution in [2.24, 2.45) is 0 Å². The number of allylic oxidation sites excluding steroid dienone is 4. The molecule has 3 N–H and O–H groups in total. The minimum atomic E-state index is -0.962. The average Bonchev–Trinajstić information content (AvgIpc) is 2.89. The first kappa shape index (κ1) is 40.3. The molecule has 210 valence electrons. The van der Waals surface area contributed by atoms with Crippen LogP contribution in [0.5, 0.6) is 5.75 Å². The third-order valence-corrected chi connectivity index (χ3v) is 3.66. The first-order valence-corrected chi connectivity index (χ1v) is 12.0. The minimum Gasteiger partial charge on any atom is -0.482 e. The van der Waals surface area contributed by atoms with Crippen LogP contribution < -0.4 is 15.4 Å². The van der Waals surface area contributed by atoms with Gasteiger partial charge in [-0.15, -0.1) is 0 Å². The molecule has 0 aromatic heterocycles. The van der Waals surface area contributed by atoms with Crippen LogP contribution in [-0.2, 0) is 19.2 Å². The van der Waals surface area contributed by atoms with E-state index in [2.05, 4.69) is 23.8 Å². The van der Waals surface area contributed by atoms with E-state index in [9.17, 15) is 19.2 Å². The topological polar surface area (TPSA) is 125 Å². The number of benzene rings is 1. The van der Waals surface area contributed by atoms with Crippen LogP contribution in [-0.4, -0.2) is 67.5 Å². The maximum absolute atomic E-state index is 11.2. The molecule has 0 saturated carbocycles. The highest BCUT2D eigenvalue weighted by Crippen LogP contribution is 2.10. The van der Waals surface area contributed by atoms with Crippen LogP contribution in [0.15, 0.2) is 61.2 Å². The Morgan fingerprint density at radius 3 is 1.89 bits per heavy atom. The Kier molecular flexibility index (Phi) is 30.9. The number of hydrogen-bond acceptors (Lipinski definition) is 5. The first-order chi connectivity index (χ1) is 17.5. The molecule has 1 aromatic rings. The predicted molar refractivity (Wildman–Crippen MR) is 152 cm³/mol. The zero-order valence-electron chi connectivity index (χ0n) is 24.0. The third-order valence-electron chi connectivity index (χ3n) is 3.66. The zero-order chi connectivity index (χ0) is 29.8. The number of carboxylic acid groups (broad SMARTS) is 1. The Hall–Kier alpha value is -3.88. The average molecular weight is 522 g/mol. The van der Waals surface area contributed by atoms with Gasteiger partial charge in [0.15, 0.2) is 6.61 Å². The van der Waals surface area contributed by atoms with Gasteiger partial charge in [0.1, 0.15) is 5.75 Å². The van der Waals surface area contributed by atoms with E-state index in [1.54, 1.807) is 24.3 Å². The van der Waals surface area contributed by atoms with Crippen molar-refractivity contribution in [1.29, 1.82) is 0 Å². The molecule has 0 aliphatic rings. The van der Waals surface area contributed by atoms with Crippen molar-refractivity contribution in [1.82, 2.24) is 15.5 Å². The molecule has 0 aliphatic carbocycles. The van der Waals surface area contributed by atoms with E-state index in [-0.39, 0.29) is 37.4 Å². The third kappa shape index (κ3) is 30.1. The van der Waals surface area contributed by atoms with Crippen molar-refractivity contribution in [2.75, 3.05) is 33.8 Å². The van der Waals surface area contributed by atoms with Gasteiger partial charge >= 0.3 is 5.97 Å². The van der Waals surface area contributed by atoms with Gasteiger partial charge in [-0.2, -0.15) is 0 Å². The lowest BCUT2D eigenvalue weighted by Crippen LogP contribution is -2.42. The van der Waals surface area contributed by atoms with Crippen molar-refractivity contribution in [3.63, 3.8) is 0 Å². The number of ether oxygens (including phenoxy) is 1. The van der Waals surface area contributed by atoms with Gasteiger partial charge in [0.2, 0.25) is 17.7 Å². The summed E-state index contributed by atoms with van der Waals surface area (Å²) in [6.45, 7) is 20.0. The fourth-order valence-corrected chi connectivity index (χ4v) is 1.75. The van der Waals surface area contributed by atoms with Crippen molar-refractivity contribution in [3.8, 4) is 5.75 Å². The molecule has 0 heterocycles. The van der Waals surface area contributed by atoms with Crippen LogP contribution in [0.1, 0.15) is 47.1 Å². The number of amides is 3. The quantitative estimate of drug-likeness (QED) is 0.420. The molecule has 0 bridgehead atoms. The van der Waals surface area contributed by atoms with E-state index in [1.807, 2.05) is 59.8 Å². The second-order valence-corrected chi connectivity index (χ2v) is 6.68. The molecular formula is C28H47N3O6. The number of aliphatic carboxylic acids is 1. The van der Waals surface area contributed by atoms with Gasteiger partial charge in [0.25, 0.3) is 0 Å². The molecule has 9 heteroatoms. The molecule has 1 aromatic carbocycles.